The van der Waals surface area contributed by atoms with Gasteiger partial charge in [-0.05, 0) is 31.0 Å². The summed E-state index contributed by atoms with van der Waals surface area (Å²) in [6.45, 7) is 4.24. The molecule has 1 rings (SSSR count). The van der Waals surface area contributed by atoms with Crippen LogP contribution in [-0.4, -0.2) is 5.11 Å². The molecule has 0 aromatic heterocycles. The van der Waals surface area contributed by atoms with Crippen LogP contribution >= 0.6 is 0 Å². The minimum absolute atomic E-state index is 0.321. The van der Waals surface area contributed by atoms with Crippen LogP contribution in [0.3, 0.4) is 0 Å². The minimum Gasteiger partial charge on any atom is -0.508 e. The normalized spacial score (nSPS) is 11.7. The highest BCUT2D eigenvalue weighted by molar-refractivity contribution is 5.53. The standard InChI is InChI=1S/C11H14O/c1-3-9(2)8-10-4-6-11(12)7-5-10/h4-8,12H,3H2,1-2H3. The van der Waals surface area contributed by atoms with Gasteiger partial charge in [-0.25, -0.2) is 0 Å². The predicted molar refractivity (Wildman–Crippen MR) is 52.0 cm³/mol. The molecule has 0 saturated carbocycles. The van der Waals surface area contributed by atoms with Gasteiger partial charge in [-0.1, -0.05) is 30.7 Å². The second-order valence-corrected chi connectivity index (χ2v) is 2.94. The van der Waals surface area contributed by atoms with Crippen molar-refractivity contribution in [1.82, 2.24) is 0 Å². The van der Waals surface area contributed by atoms with E-state index in [9.17, 15) is 0 Å². The molecular formula is C11H14O. The van der Waals surface area contributed by atoms with Gasteiger partial charge in [0.15, 0.2) is 0 Å². The molecule has 0 radical (unpaired) electrons. The van der Waals surface area contributed by atoms with Crippen molar-refractivity contribution in [3.05, 3.63) is 35.4 Å². The molecule has 0 aliphatic rings. The fourth-order valence-corrected chi connectivity index (χ4v) is 0.957. The van der Waals surface area contributed by atoms with Crippen molar-refractivity contribution < 1.29 is 5.11 Å². The molecule has 0 amide bonds. The molecule has 0 spiro atoms. The largest absolute Gasteiger partial charge is 0.508 e. The van der Waals surface area contributed by atoms with E-state index >= 15 is 0 Å². The molecule has 1 heteroatoms. The Kier molecular flexibility index (Phi) is 2.92. The van der Waals surface area contributed by atoms with Gasteiger partial charge in [-0.3, -0.25) is 0 Å². The maximum absolute atomic E-state index is 9.03. The Morgan fingerprint density at radius 3 is 2.42 bits per heavy atom. The Labute approximate surface area is 73.4 Å². The highest BCUT2D eigenvalue weighted by Crippen LogP contribution is 2.13. The third kappa shape index (κ3) is 2.42. The van der Waals surface area contributed by atoms with Crippen molar-refractivity contribution in [2.75, 3.05) is 0 Å². The molecule has 0 aliphatic carbocycles. The number of hydrogen-bond donors (Lipinski definition) is 1. The van der Waals surface area contributed by atoms with E-state index in [-0.39, 0.29) is 0 Å². The lowest BCUT2D eigenvalue weighted by Crippen LogP contribution is -1.74. The van der Waals surface area contributed by atoms with Gasteiger partial charge in [0.25, 0.3) is 0 Å². The third-order valence-electron chi connectivity index (χ3n) is 1.86. The van der Waals surface area contributed by atoms with Crippen molar-refractivity contribution in [2.24, 2.45) is 0 Å². The third-order valence-corrected chi connectivity index (χ3v) is 1.86. The molecule has 12 heavy (non-hydrogen) atoms. The average molecular weight is 162 g/mol. The van der Waals surface area contributed by atoms with Crippen LogP contribution in [0.5, 0.6) is 5.75 Å². The number of phenols is 1. The fraction of sp³-hybridized carbons (Fsp3) is 0.273. The quantitative estimate of drug-likeness (QED) is 0.708. The Morgan fingerprint density at radius 2 is 1.92 bits per heavy atom. The Hall–Kier alpha value is -1.24. The molecule has 1 aromatic carbocycles. The second-order valence-electron chi connectivity index (χ2n) is 2.94. The Balaban J connectivity index is 2.84. The van der Waals surface area contributed by atoms with Gasteiger partial charge in [0.2, 0.25) is 0 Å². The summed E-state index contributed by atoms with van der Waals surface area (Å²) in [5.41, 5.74) is 2.49. The van der Waals surface area contributed by atoms with Crippen molar-refractivity contribution in [3.8, 4) is 5.75 Å². The van der Waals surface area contributed by atoms with Crippen LogP contribution in [0.1, 0.15) is 25.8 Å². The summed E-state index contributed by atoms with van der Waals surface area (Å²) in [5.74, 6) is 0.321. The van der Waals surface area contributed by atoms with Gasteiger partial charge in [0, 0.05) is 0 Å². The molecule has 0 aliphatic heterocycles. The molecule has 0 heterocycles. The molecule has 64 valence electrons. The van der Waals surface area contributed by atoms with E-state index < -0.39 is 0 Å². The summed E-state index contributed by atoms with van der Waals surface area (Å²) in [4.78, 5) is 0. The number of hydrogen-bond acceptors (Lipinski definition) is 1. The molecular weight excluding hydrogens is 148 g/mol. The van der Waals surface area contributed by atoms with Crippen molar-refractivity contribution in [1.29, 1.82) is 0 Å². The smallest absolute Gasteiger partial charge is 0.115 e. The van der Waals surface area contributed by atoms with Crippen LogP contribution in [0.4, 0.5) is 0 Å². The SMILES string of the molecule is CCC(C)=Cc1ccc(O)cc1. The van der Waals surface area contributed by atoms with E-state index in [1.807, 2.05) is 12.1 Å². The minimum atomic E-state index is 0.321. The van der Waals surface area contributed by atoms with E-state index in [0.29, 0.717) is 5.75 Å². The van der Waals surface area contributed by atoms with Crippen LogP contribution < -0.4 is 0 Å². The van der Waals surface area contributed by atoms with E-state index in [4.69, 9.17) is 5.11 Å². The summed E-state index contributed by atoms with van der Waals surface area (Å²) in [7, 11) is 0. The first-order valence-corrected chi connectivity index (χ1v) is 4.18. The Morgan fingerprint density at radius 1 is 1.33 bits per heavy atom. The van der Waals surface area contributed by atoms with Crippen molar-refractivity contribution >= 4 is 6.08 Å². The zero-order chi connectivity index (χ0) is 8.97. The lowest BCUT2D eigenvalue weighted by Gasteiger charge is -1.96. The lowest BCUT2D eigenvalue weighted by molar-refractivity contribution is 0.475. The monoisotopic (exact) mass is 162 g/mol. The zero-order valence-corrected chi connectivity index (χ0v) is 7.54. The van der Waals surface area contributed by atoms with Crippen LogP contribution in [0, 0.1) is 0 Å². The topological polar surface area (TPSA) is 20.2 Å². The first kappa shape index (κ1) is 8.85. The summed E-state index contributed by atoms with van der Waals surface area (Å²) >= 11 is 0. The van der Waals surface area contributed by atoms with Crippen molar-refractivity contribution in [2.45, 2.75) is 20.3 Å². The molecule has 0 fully saturated rings. The first-order valence-electron chi connectivity index (χ1n) is 4.18. The van der Waals surface area contributed by atoms with Gasteiger partial charge in [0.05, 0.1) is 0 Å². The van der Waals surface area contributed by atoms with E-state index in [1.165, 1.54) is 5.57 Å². The van der Waals surface area contributed by atoms with Crippen LogP contribution in [0.25, 0.3) is 6.08 Å². The molecule has 1 N–H and O–H groups in total. The van der Waals surface area contributed by atoms with E-state index in [0.717, 1.165) is 12.0 Å². The molecule has 1 nitrogen and oxygen atoms in total. The maximum atomic E-state index is 9.03. The second kappa shape index (κ2) is 3.96. The van der Waals surface area contributed by atoms with Gasteiger partial charge in [0.1, 0.15) is 5.75 Å². The maximum Gasteiger partial charge on any atom is 0.115 e. The number of allylic oxidation sites excluding steroid dienone is 1. The molecule has 0 atom stereocenters. The van der Waals surface area contributed by atoms with Crippen LogP contribution in [0.15, 0.2) is 29.8 Å². The summed E-state index contributed by atoms with van der Waals surface area (Å²) in [6, 6.07) is 7.23. The first-order chi connectivity index (χ1) is 5.72. The molecule has 0 bridgehead atoms. The molecule has 0 saturated heterocycles. The van der Waals surface area contributed by atoms with Crippen LogP contribution in [0.2, 0.25) is 0 Å². The highest BCUT2D eigenvalue weighted by atomic mass is 16.3. The predicted octanol–water partition coefficient (Wildman–Crippen LogP) is 3.21. The number of phenolic OH excluding ortho intramolecular Hbond substituents is 1. The van der Waals surface area contributed by atoms with Gasteiger partial charge in [-0.15, -0.1) is 0 Å². The van der Waals surface area contributed by atoms with Gasteiger partial charge < -0.3 is 5.11 Å². The van der Waals surface area contributed by atoms with Gasteiger partial charge in [-0.2, -0.15) is 0 Å². The summed E-state index contributed by atoms with van der Waals surface area (Å²) in [6.07, 6.45) is 3.19. The highest BCUT2D eigenvalue weighted by Gasteiger charge is 1.89. The number of rotatable bonds is 2. The van der Waals surface area contributed by atoms with Crippen LogP contribution in [-0.2, 0) is 0 Å². The Bertz CT molecular complexity index is 270. The number of benzene rings is 1. The van der Waals surface area contributed by atoms with Crippen molar-refractivity contribution in [3.63, 3.8) is 0 Å². The summed E-state index contributed by atoms with van der Waals surface area (Å²) < 4.78 is 0. The van der Waals surface area contributed by atoms with E-state index in [2.05, 4.69) is 19.9 Å². The van der Waals surface area contributed by atoms with E-state index in [1.54, 1.807) is 12.1 Å². The lowest BCUT2D eigenvalue weighted by atomic mass is 10.1. The van der Waals surface area contributed by atoms with Gasteiger partial charge >= 0.3 is 0 Å². The zero-order valence-electron chi connectivity index (χ0n) is 7.54. The molecule has 1 aromatic rings. The summed E-state index contributed by atoms with van der Waals surface area (Å²) in [5, 5.41) is 9.03. The molecule has 0 unspecified atom stereocenters. The average Bonchev–Trinajstić information content (AvgIpc) is 2.09. The fourth-order valence-electron chi connectivity index (χ4n) is 0.957. The number of aromatic hydroxyl groups is 1.